The van der Waals surface area contributed by atoms with Crippen LogP contribution in [0.15, 0.2) is 23.1 Å². The van der Waals surface area contributed by atoms with Gasteiger partial charge in [0.25, 0.3) is 0 Å². The molecule has 2 unspecified atom stereocenters. The number of thioether (sulfide) groups is 1. The highest BCUT2D eigenvalue weighted by Crippen LogP contribution is 2.36. The Morgan fingerprint density at radius 3 is 2.69 bits per heavy atom. The standard InChI is InChI=1S/C15H18ClF3N2O3S2/c1-3-9(2)20-14(22)12-7-25-8-21(12)26(23,24)13-6-10(15(17,18)19)4-5-11(13)16/h4-6,9,12H,3,7-8H2,1-2H3,(H,20,22). The summed E-state index contributed by atoms with van der Waals surface area (Å²) in [5.74, 6) is -0.290. The fraction of sp³-hybridized carbons (Fsp3) is 0.533. The van der Waals surface area contributed by atoms with Crippen LogP contribution in [-0.4, -0.2) is 42.3 Å². The number of rotatable bonds is 5. The lowest BCUT2D eigenvalue weighted by Crippen LogP contribution is -2.49. The lowest BCUT2D eigenvalue weighted by Gasteiger charge is -2.24. The molecule has 5 nitrogen and oxygen atoms in total. The van der Waals surface area contributed by atoms with Crippen molar-refractivity contribution >= 4 is 39.3 Å². The third-order valence-corrected chi connectivity index (χ3v) is 7.50. The summed E-state index contributed by atoms with van der Waals surface area (Å²) >= 11 is 7.07. The number of halogens is 4. The second-order valence-electron chi connectivity index (χ2n) is 5.87. The molecule has 0 radical (unpaired) electrons. The van der Waals surface area contributed by atoms with Gasteiger partial charge in [-0.25, -0.2) is 8.42 Å². The fourth-order valence-corrected chi connectivity index (χ4v) is 5.97. The van der Waals surface area contributed by atoms with E-state index in [4.69, 9.17) is 11.6 Å². The average Bonchev–Trinajstić information content (AvgIpc) is 3.04. The van der Waals surface area contributed by atoms with Crippen molar-refractivity contribution in [3.05, 3.63) is 28.8 Å². The van der Waals surface area contributed by atoms with Crippen LogP contribution in [0.4, 0.5) is 13.2 Å². The Hall–Kier alpha value is -0.970. The molecule has 1 aromatic carbocycles. The van der Waals surface area contributed by atoms with Crippen LogP contribution in [0.25, 0.3) is 0 Å². The number of sulfonamides is 1. The maximum Gasteiger partial charge on any atom is 0.416 e. The molecule has 2 rings (SSSR count). The average molecular weight is 431 g/mol. The van der Waals surface area contributed by atoms with E-state index in [-0.39, 0.29) is 22.7 Å². The Labute approximate surface area is 159 Å². The molecule has 1 saturated heterocycles. The molecule has 2 atom stereocenters. The van der Waals surface area contributed by atoms with E-state index in [1.54, 1.807) is 6.92 Å². The lowest BCUT2D eigenvalue weighted by molar-refractivity contribution is -0.137. The van der Waals surface area contributed by atoms with E-state index < -0.39 is 38.6 Å². The molecule has 1 N–H and O–H groups in total. The number of hydrogen-bond donors (Lipinski definition) is 1. The zero-order chi connectivity index (χ0) is 19.7. The maximum atomic E-state index is 12.9. The van der Waals surface area contributed by atoms with Gasteiger partial charge in [0.15, 0.2) is 0 Å². The molecule has 0 aliphatic carbocycles. The summed E-state index contributed by atoms with van der Waals surface area (Å²) in [5.41, 5.74) is -1.12. The van der Waals surface area contributed by atoms with Crippen molar-refractivity contribution in [3.63, 3.8) is 0 Å². The van der Waals surface area contributed by atoms with Crippen LogP contribution in [0.5, 0.6) is 0 Å². The van der Waals surface area contributed by atoms with E-state index in [9.17, 15) is 26.4 Å². The van der Waals surface area contributed by atoms with Gasteiger partial charge in [0, 0.05) is 11.8 Å². The zero-order valence-corrected chi connectivity index (χ0v) is 16.4. The normalized spacial score (nSPS) is 20.2. The maximum absolute atomic E-state index is 12.9. The second-order valence-corrected chi connectivity index (χ2v) is 9.13. The summed E-state index contributed by atoms with van der Waals surface area (Å²) in [6.07, 6.45) is -4.04. The summed E-state index contributed by atoms with van der Waals surface area (Å²) in [6, 6.07) is 0.978. The molecule has 1 amide bonds. The van der Waals surface area contributed by atoms with Gasteiger partial charge in [-0.2, -0.15) is 17.5 Å². The van der Waals surface area contributed by atoms with Crippen molar-refractivity contribution < 1.29 is 26.4 Å². The van der Waals surface area contributed by atoms with Crippen molar-refractivity contribution in [2.45, 2.75) is 43.4 Å². The van der Waals surface area contributed by atoms with Gasteiger partial charge in [-0.15, -0.1) is 11.8 Å². The summed E-state index contributed by atoms with van der Waals surface area (Å²) < 4.78 is 65.5. The van der Waals surface area contributed by atoms with Crippen LogP contribution in [0.3, 0.4) is 0 Å². The largest absolute Gasteiger partial charge is 0.416 e. The third kappa shape index (κ3) is 4.47. The van der Waals surface area contributed by atoms with E-state index in [1.807, 2.05) is 6.92 Å². The molecule has 0 spiro atoms. The highest BCUT2D eigenvalue weighted by molar-refractivity contribution is 8.00. The SMILES string of the molecule is CCC(C)NC(=O)C1CSCN1S(=O)(=O)c1cc(C(F)(F)F)ccc1Cl. The van der Waals surface area contributed by atoms with Gasteiger partial charge in [-0.1, -0.05) is 18.5 Å². The van der Waals surface area contributed by atoms with Crippen LogP contribution < -0.4 is 5.32 Å². The minimum absolute atomic E-state index is 0.0342. The molecule has 1 aliphatic rings. The van der Waals surface area contributed by atoms with E-state index in [2.05, 4.69) is 5.32 Å². The monoisotopic (exact) mass is 430 g/mol. The molecule has 11 heteroatoms. The van der Waals surface area contributed by atoms with Gasteiger partial charge in [-0.3, -0.25) is 4.79 Å². The van der Waals surface area contributed by atoms with Crippen molar-refractivity contribution in [1.82, 2.24) is 9.62 Å². The minimum atomic E-state index is -4.71. The van der Waals surface area contributed by atoms with Crippen LogP contribution in [0.2, 0.25) is 5.02 Å². The Balaban J connectivity index is 2.39. The Kier molecular flexibility index (Phi) is 6.53. The topological polar surface area (TPSA) is 66.5 Å². The molecule has 0 aromatic heterocycles. The highest BCUT2D eigenvalue weighted by atomic mass is 35.5. The summed E-state index contributed by atoms with van der Waals surface area (Å²) in [6.45, 7) is 3.65. The molecular formula is C15H18ClF3N2O3S2. The van der Waals surface area contributed by atoms with Crippen molar-refractivity contribution in [2.75, 3.05) is 11.6 Å². The molecule has 1 aliphatic heterocycles. The van der Waals surface area contributed by atoms with Gasteiger partial charge >= 0.3 is 6.18 Å². The van der Waals surface area contributed by atoms with Gasteiger partial charge in [0.05, 0.1) is 16.5 Å². The van der Waals surface area contributed by atoms with Crippen LogP contribution in [0, 0.1) is 0 Å². The molecule has 1 fully saturated rings. The summed E-state index contributed by atoms with van der Waals surface area (Å²) in [4.78, 5) is 11.7. The first-order valence-electron chi connectivity index (χ1n) is 7.75. The number of nitrogens with zero attached hydrogens (tertiary/aromatic N) is 1. The van der Waals surface area contributed by atoms with Gasteiger partial charge in [0.1, 0.15) is 10.9 Å². The fourth-order valence-electron chi connectivity index (χ4n) is 2.32. The third-order valence-electron chi connectivity index (χ3n) is 3.99. The predicted octanol–water partition coefficient (Wildman–Crippen LogP) is 3.34. The number of benzene rings is 1. The summed E-state index contributed by atoms with van der Waals surface area (Å²) in [7, 11) is -4.37. The Morgan fingerprint density at radius 2 is 2.12 bits per heavy atom. The Bertz CT molecular complexity index is 787. The summed E-state index contributed by atoms with van der Waals surface area (Å²) in [5, 5.41) is 2.38. The number of carbonyl (C=O) groups is 1. The van der Waals surface area contributed by atoms with Gasteiger partial charge in [-0.05, 0) is 31.5 Å². The number of alkyl halides is 3. The second kappa shape index (κ2) is 7.95. The smallest absolute Gasteiger partial charge is 0.352 e. The number of amides is 1. The first-order chi connectivity index (χ1) is 12.0. The quantitative estimate of drug-likeness (QED) is 0.778. The van der Waals surface area contributed by atoms with E-state index in [1.165, 1.54) is 11.8 Å². The first-order valence-corrected chi connectivity index (χ1v) is 10.7. The van der Waals surface area contributed by atoms with Crippen molar-refractivity contribution in [3.8, 4) is 0 Å². The number of hydrogen-bond acceptors (Lipinski definition) is 4. The lowest BCUT2D eigenvalue weighted by atomic mass is 10.2. The van der Waals surface area contributed by atoms with Gasteiger partial charge in [0.2, 0.25) is 15.9 Å². The number of carbonyl (C=O) groups excluding carboxylic acids is 1. The molecule has 1 heterocycles. The zero-order valence-electron chi connectivity index (χ0n) is 14.0. The molecule has 0 saturated carbocycles. The van der Waals surface area contributed by atoms with Crippen LogP contribution >= 0.6 is 23.4 Å². The molecule has 146 valence electrons. The Morgan fingerprint density at radius 1 is 1.46 bits per heavy atom. The van der Waals surface area contributed by atoms with Crippen molar-refractivity contribution in [1.29, 1.82) is 0 Å². The predicted molar refractivity (Wildman–Crippen MR) is 94.5 cm³/mol. The number of nitrogens with one attached hydrogen (secondary N) is 1. The van der Waals surface area contributed by atoms with Crippen molar-refractivity contribution in [2.24, 2.45) is 0 Å². The van der Waals surface area contributed by atoms with E-state index >= 15 is 0 Å². The van der Waals surface area contributed by atoms with Crippen LogP contribution in [0.1, 0.15) is 25.8 Å². The van der Waals surface area contributed by atoms with Gasteiger partial charge < -0.3 is 5.32 Å². The van der Waals surface area contributed by atoms with Crippen LogP contribution in [-0.2, 0) is 21.0 Å². The highest BCUT2D eigenvalue weighted by Gasteiger charge is 2.42. The minimum Gasteiger partial charge on any atom is -0.352 e. The molecule has 0 bridgehead atoms. The molecular weight excluding hydrogens is 413 g/mol. The first kappa shape index (κ1) is 21.3. The molecule has 26 heavy (non-hydrogen) atoms. The van der Waals surface area contributed by atoms with E-state index in [0.717, 1.165) is 10.4 Å². The molecule has 1 aromatic rings. The van der Waals surface area contributed by atoms with E-state index in [0.29, 0.717) is 18.6 Å².